The van der Waals surface area contributed by atoms with Gasteiger partial charge in [-0.25, -0.2) is 9.97 Å². The predicted molar refractivity (Wildman–Crippen MR) is 76.6 cm³/mol. The van der Waals surface area contributed by atoms with Gasteiger partial charge in [-0.3, -0.25) is 9.59 Å². The predicted octanol–water partition coefficient (Wildman–Crippen LogP) is 0.324. The molecule has 0 saturated carbocycles. The SMILES string of the molecule is COC(=O)[C@H]1CCCN(C(=O)CN(C)c2ncccn2)C1. The van der Waals surface area contributed by atoms with Crippen LogP contribution >= 0.6 is 0 Å². The van der Waals surface area contributed by atoms with Crippen molar-refractivity contribution >= 4 is 17.8 Å². The molecule has 0 aromatic carbocycles. The Hall–Kier alpha value is -2.18. The number of anilines is 1. The van der Waals surface area contributed by atoms with Gasteiger partial charge in [0.25, 0.3) is 0 Å². The maximum Gasteiger partial charge on any atom is 0.310 e. The summed E-state index contributed by atoms with van der Waals surface area (Å²) in [6.45, 7) is 1.29. The van der Waals surface area contributed by atoms with Crippen LogP contribution in [-0.2, 0) is 14.3 Å². The molecule has 1 atom stereocenters. The van der Waals surface area contributed by atoms with Crippen LogP contribution in [0.25, 0.3) is 0 Å². The van der Waals surface area contributed by atoms with Crippen molar-refractivity contribution in [2.45, 2.75) is 12.8 Å². The van der Waals surface area contributed by atoms with Crippen LogP contribution in [0.15, 0.2) is 18.5 Å². The largest absolute Gasteiger partial charge is 0.469 e. The quantitative estimate of drug-likeness (QED) is 0.744. The molecule has 1 aromatic heterocycles. The summed E-state index contributed by atoms with van der Waals surface area (Å²) in [7, 11) is 3.15. The Morgan fingerprint density at radius 1 is 1.43 bits per heavy atom. The molecule has 21 heavy (non-hydrogen) atoms. The Morgan fingerprint density at radius 3 is 2.81 bits per heavy atom. The van der Waals surface area contributed by atoms with E-state index in [1.165, 1.54) is 7.11 Å². The van der Waals surface area contributed by atoms with Crippen molar-refractivity contribution < 1.29 is 14.3 Å². The monoisotopic (exact) mass is 292 g/mol. The highest BCUT2D eigenvalue weighted by Gasteiger charge is 2.29. The lowest BCUT2D eigenvalue weighted by molar-refractivity contribution is -0.148. The number of nitrogens with zero attached hydrogens (tertiary/aromatic N) is 4. The van der Waals surface area contributed by atoms with Crippen molar-refractivity contribution in [3.05, 3.63) is 18.5 Å². The van der Waals surface area contributed by atoms with Crippen LogP contribution in [0.5, 0.6) is 0 Å². The van der Waals surface area contributed by atoms with E-state index in [0.717, 1.165) is 12.8 Å². The summed E-state index contributed by atoms with van der Waals surface area (Å²) in [5.74, 6) is 0.0177. The van der Waals surface area contributed by atoms with E-state index in [9.17, 15) is 9.59 Å². The molecule has 7 nitrogen and oxygen atoms in total. The highest BCUT2D eigenvalue weighted by Crippen LogP contribution is 2.18. The fourth-order valence-electron chi connectivity index (χ4n) is 2.42. The minimum Gasteiger partial charge on any atom is -0.469 e. The van der Waals surface area contributed by atoms with Crippen LogP contribution in [0.3, 0.4) is 0 Å². The van der Waals surface area contributed by atoms with Gasteiger partial charge < -0.3 is 14.5 Å². The Bertz CT molecular complexity index is 494. The van der Waals surface area contributed by atoms with Gasteiger partial charge >= 0.3 is 5.97 Å². The summed E-state index contributed by atoms with van der Waals surface area (Å²) in [5.41, 5.74) is 0. The first-order chi connectivity index (χ1) is 10.1. The lowest BCUT2D eigenvalue weighted by Crippen LogP contribution is -2.46. The van der Waals surface area contributed by atoms with Crippen molar-refractivity contribution in [3.8, 4) is 0 Å². The van der Waals surface area contributed by atoms with Gasteiger partial charge in [0.15, 0.2) is 0 Å². The van der Waals surface area contributed by atoms with Crippen LogP contribution in [0.2, 0.25) is 0 Å². The second-order valence-electron chi connectivity index (χ2n) is 5.11. The number of carbonyl (C=O) groups is 2. The number of piperidine rings is 1. The average Bonchev–Trinajstić information content (AvgIpc) is 2.55. The highest BCUT2D eigenvalue weighted by molar-refractivity contribution is 5.82. The fourth-order valence-corrected chi connectivity index (χ4v) is 2.42. The first-order valence-electron chi connectivity index (χ1n) is 6.95. The number of hydrogen-bond acceptors (Lipinski definition) is 6. The van der Waals surface area contributed by atoms with E-state index >= 15 is 0 Å². The molecule has 1 aromatic rings. The Balaban J connectivity index is 1.92. The van der Waals surface area contributed by atoms with Crippen molar-refractivity contribution in [2.24, 2.45) is 5.92 Å². The number of esters is 1. The minimum atomic E-state index is -0.243. The molecule has 114 valence electrons. The summed E-state index contributed by atoms with van der Waals surface area (Å²) in [6.07, 6.45) is 4.86. The second kappa shape index (κ2) is 7.01. The van der Waals surface area contributed by atoms with Gasteiger partial charge in [0.2, 0.25) is 11.9 Å². The zero-order valence-corrected chi connectivity index (χ0v) is 12.4. The molecule has 1 fully saturated rings. The third kappa shape index (κ3) is 3.90. The third-order valence-electron chi connectivity index (χ3n) is 3.57. The van der Waals surface area contributed by atoms with E-state index < -0.39 is 0 Å². The number of aromatic nitrogens is 2. The molecule has 0 radical (unpaired) electrons. The zero-order chi connectivity index (χ0) is 15.2. The zero-order valence-electron chi connectivity index (χ0n) is 12.4. The third-order valence-corrected chi connectivity index (χ3v) is 3.57. The standard InChI is InChI=1S/C14H20N4O3/c1-17(14-15-6-4-7-16-14)10-12(19)18-8-3-5-11(9-18)13(20)21-2/h4,6-7,11H,3,5,8-10H2,1-2H3/t11-/m0/s1. The van der Waals surface area contributed by atoms with Gasteiger partial charge in [-0.15, -0.1) is 0 Å². The molecule has 0 N–H and O–H groups in total. The van der Waals surface area contributed by atoms with Gasteiger partial charge in [0.05, 0.1) is 19.6 Å². The molecular weight excluding hydrogens is 272 g/mol. The molecule has 0 aliphatic carbocycles. The molecule has 1 amide bonds. The number of ether oxygens (including phenoxy) is 1. The minimum absolute atomic E-state index is 0.0291. The molecule has 0 unspecified atom stereocenters. The molecule has 2 rings (SSSR count). The van der Waals surface area contributed by atoms with E-state index in [-0.39, 0.29) is 24.3 Å². The van der Waals surface area contributed by atoms with Crippen molar-refractivity contribution in [1.82, 2.24) is 14.9 Å². The summed E-state index contributed by atoms with van der Waals surface area (Å²) < 4.78 is 4.76. The van der Waals surface area contributed by atoms with E-state index in [4.69, 9.17) is 4.74 Å². The number of hydrogen-bond donors (Lipinski definition) is 0. The topological polar surface area (TPSA) is 75.6 Å². The van der Waals surface area contributed by atoms with Crippen LogP contribution < -0.4 is 4.90 Å². The maximum atomic E-state index is 12.3. The van der Waals surface area contributed by atoms with Crippen LogP contribution in [-0.4, -0.2) is 60.5 Å². The number of amides is 1. The van der Waals surface area contributed by atoms with Crippen molar-refractivity contribution in [2.75, 3.05) is 38.7 Å². The smallest absolute Gasteiger partial charge is 0.310 e. The first kappa shape index (κ1) is 15.2. The fraction of sp³-hybridized carbons (Fsp3) is 0.571. The first-order valence-corrected chi connectivity index (χ1v) is 6.95. The Morgan fingerprint density at radius 2 is 2.14 bits per heavy atom. The number of likely N-dealkylation sites (tertiary alicyclic amines) is 1. The lowest BCUT2D eigenvalue weighted by atomic mass is 9.98. The Labute approximate surface area is 123 Å². The molecule has 1 saturated heterocycles. The summed E-state index contributed by atoms with van der Waals surface area (Å²) in [5, 5.41) is 0. The van der Waals surface area contributed by atoms with E-state index in [2.05, 4.69) is 9.97 Å². The summed E-state index contributed by atoms with van der Waals surface area (Å²) >= 11 is 0. The molecule has 0 spiro atoms. The van der Waals surface area contributed by atoms with Crippen molar-refractivity contribution in [3.63, 3.8) is 0 Å². The van der Waals surface area contributed by atoms with Crippen LogP contribution in [0.1, 0.15) is 12.8 Å². The highest BCUT2D eigenvalue weighted by atomic mass is 16.5. The van der Waals surface area contributed by atoms with Gasteiger partial charge in [-0.2, -0.15) is 0 Å². The van der Waals surface area contributed by atoms with Crippen LogP contribution in [0, 0.1) is 5.92 Å². The van der Waals surface area contributed by atoms with E-state index in [1.54, 1.807) is 35.3 Å². The maximum absolute atomic E-state index is 12.3. The molecule has 2 heterocycles. The van der Waals surface area contributed by atoms with Gasteiger partial charge in [-0.05, 0) is 18.9 Å². The molecule has 7 heteroatoms. The van der Waals surface area contributed by atoms with Crippen LogP contribution in [0.4, 0.5) is 5.95 Å². The lowest BCUT2D eigenvalue weighted by Gasteiger charge is -2.32. The number of rotatable bonds is 4. The molecule has 1 aliphatic rings. The molecule has 1 aliphatic heterocycles. The second-order valence-corrected chi connectivity index (χ2v) is 5.11. The number of likely N-dealkylation sites (N-methyl/N-ethyl adjacent to an activating group) is 1. The molecule has 0 bridgehead atoms. The summed E-state index contributed by atoms with van der Waals surface area (Å²) in [4.78, 5) is 35.5. The van der Waals surface area contributed by atoms with E-state index in [0.29, 0.717) is 19.0 Å². The number of methoxy groups -OCH3 is 1. The normalized spacial score (nSPS) is 18.2. The summed E-state index contributed by atoms with van der Waals surface area (Å²) in [6, 6.07) is 1.73. The van der Waals surface area contributed by atoms with E-state index in [1.807, 2.05) is 0 Å². The van der Waals surface area contributed by atoms with Gasteiger partial charge in [0, 0.05) is 32.5 Å². The number of carbonyl (C=O) groups excluding carboxylic acids is 2. The van der Waals surface area contributed by atoms with Gasteiger partial charge in [-0.1, -0.05) is 0 Å². The average molecular weight is 292 g/mol. The van der Waals surface area contributed by atoms with Gasteiger partial charge in [0.1, 0.15) is 0 Å². The molecular formula is C14H20N4O3. The Kier molecular flexibility index (Phi) is 5.08. The van der Waals surface area contributed by atoms with Crippen molar-refractivity contribution in [1.29, 1.82) is 0 Å².